The van der Waals surface area contributed by atoms with Crippen LogP contribution in [0.2, 0.25) is 0 Å². The average molecular weight is 261 g/mol. The van der Waals surface area contributed by atoms with Gasteiger partial charge in [0.1, 0.15) is 13.2 Å². The molecule has 0 atom stereocenters. The van der Waals surface area contributed by atoms with Gasteiger partial charge in [0.25, 0.3) is 0 Å². The number of aromatic nitrogens is 2. The summed E-state index contributed by atoms with van der Waals surface area (Å²) in [5.41, 5.74) is 1.13. The molecule has 6 heteroatoms. The first-order chi connectivity index (χ1) is 9.31. The second-order valence-electron chi connectivity index (χ2n) is 4.32. The lowest BCUT2D eigenvalue weighted by Gasteiger charge is -2.18. The topological polar surface area (TPSA) is 69.4 Å². The van der Waals surface area contributed by atoms with Gasteiger partial charge < -0.3 is 19.3 Å². The van der Waals surface area contributed by atoms with E-state index in [-0.39, 0.29) is 0 Å². The van der Waals surface area contributed by atoms with Crippen molar-refractivity contribution in [1.82, 2.24) is 15.5 Å². The molecule has 19 heavy (non-hydrogen) atoms. The highest BCUT2D eigenvalue weighted by Gasteiger charge is 2.11. The molecule has 0 saturated heterocycles. The molecule has 0 amide bonds. The van der Waals surface area contributed by atoms with E-state index in [1.807, 2.05) is 18.2 Å². The standard InChI is InChI=1S/C13H15N3O3/c1-9-15-13(19-16-9)8-14-7-10-2-3-11-12(6-10)18-5-4-17-11/h2-3,6,14H,4-5,7-8H2,1H3. The molecule has 100 valence electrons. The van der Waals surface area contributed by atoms with E-state index < -0.39 is 0 Å². The van der Waals surface area contributed by atoms with E-state index in [1.165, 1.54) is 0 Å². The number of hydrogen-bond donors (Lipinski definition) is 1. The minimum atomic E-state index is 0.551. The fraction of sp³-hybridized carbons (Fsp3) is 0.385. The fourth-order valence-corrected chi connectivity index (χ4v) is 1.92. The average Bonchev–Trinajstić information content (AvgIpc) is 2.84. The van der Waals surface area contributed by atoms with Crippen LogP contribution in [0.15, 0.2) is 22.7 Å². The molecule has 2 aromatic rings. The van der Waals surface area contributed by atoms with Crippen LogP contribution < -0.4 is 14.8 Å². The van der Waals surface area contributed by atoms with Crippen molar-refractivity contribution in [2.75, 3.05) is 13.2 Å². The fourth-order valence-electron chi connectivity index (χ4n) is 1.92. The monoisotopic (exact) mass is 261 g/mol. The summed E-state index contributed by atoms with van der Waals surface area (Å²) < 4.78 is 16.0. The van der Waals surface area contributed by atoms with E-state index >= 15 is 0 Å². The maximum atomic E-state index is 5.54. The summed E-state index contributed by atoms with van der Waals surface area (Å²) in [5.74, 6) is 2.85. The first-order valence-corrected chi connectivity index (χ1v) is 6.20. The SMILES string of the molecule is Cc1noc(CNCc2ccc3c(c2)OCCO3)n1. The maximum Gasteiger partial charge on any atom is 0.240 e. The van der Waals surface area contributed by atoms with Gasteiger partial charge in [-0.1, -0.05) is 11.2 Å². The van der Waals surface area contributed by atoms with Gasteiger partial charge in [-0.15, -0.1) is 0 Å². The van der Waals surface area contributed by atoms with Crippen LogP contribution in [0.1, 0.15) is 17.3 Å². The minimum Gasteiger partial charge on any atom is -0.486 e. The summed E-state index contributed by atoms with van der Waals surface area (Å²) in [7, 11) is 0. The highest BCUT2D eigenvalue weighted by molar-refractivity contribution is 5.43. The highest BCUT2D eigenvalue weighted by Crippen LogP contribution is 2.30. The van der Waals surface area contributed by atoms with Crippen LogP contribution in [0.3, 0.4) is 0 Å². The minimum absolute atomic E-state index is 0.551. The summed E-state index contributed by atoms with van der Waals surface area (Å²) in [5, 5.41) is 6.98. The Labute approximate surface area is 110 Å². The van der Waals surface area contributed by atoms with Crippen molar-refractivity contribution in [2.45, 2.75) is 20.0 Å². The zero-order valence-electron chi connectivity index (χ0n) is 10.7. The highest BCUT2D eigenvalue weighted by atomic mass is 16.6. The zero-order valence-corrected chi connectivity index (χ0v) is 10.7. The van der Waals surface area contributed by atoms with Crippen LogP contribution in [-0.2, 0) is 13.1 Å². The van der Waals surface area contributed by atoms with Crippen LogP contribution in [-0.4, -0.2) is 23.4 Å². The van der Waals surface area contributed by atoms with Crippen LogP contribution in [0.25, 0.3) is 0 Å². The lowest BCUT2D eigenvalue weighted by molar-refractivity contribution is 0.171. The largest absolute Gasteiger partial charge is 0.486 e. The van der Waals surface area contributed by atoms with Crippen molar-refractivity contribution in [1.29, 1.82) is 0 Å². The molecule has 0 unspecified atom stereocenters. The third-order valence-electron chi connectivity index (χ3n) is 2.78. The predicted octanol–water partition coefficient (Wildman–Crippen LogP) is 1.44. The molecular formula is C13H15N3O3. The number of fused-ring (bicyclic) bond motifs is 1. The summed E-state index contributed by atoms with van der Waals surface area (Å²) >= 11 is 0. The molecule has 0 saturated carbocycles. The molecule has 6 nitrogen and oxygen atoms in total. The molecule has 1 aromatic heterocycles. The Balaban J connectivity index is 1.58. The Hall–Kier alpha value is -2.08. The first kappa shape index (κ1) is 12.0. The summed E-state index contributed by atoms with van der Waals surface area (Å²) in [6, 6.07) is 5.93. The third kappa shape index (κ3) is 2.85. The maximum absolute atomic E-state index is 5.54. The number of ether oxygens (including phenoxy) is 2. The lowest BCUT2D eigenvalue weighted by Crippen LogP contribution is -2.16. The zero-order chi connectivity index (χ0) is 13.1. The van der Waals surface area contributed by atoms with Gasteiger partial charge in [0.05, 0.1) is 6.54 Å². The van der Waals surface area contributed by atoms with Gasteiger partial charge in [-0.3, -0.25) is 0 Å². The van der Waals surface area contributed by atoms with E-state index in [9.17, 15) is 0 Å². The van der Waals surface area contributed by atoms with Crippen molar-refractivity contribution >= 4 is 0 Å². The molecule has 0 aliphatic carbocycles. The Morgan fingerprint density at radius 3 is 2.79 bits per heavy atom. The molecule has 0 bridgehead atoms. The van der Waals surface area contributed by atoms with Gasteiger partial charge >= 0.3 is 0 Å². The Bertz CT molecular complexity index is 568. The molecule has 0 radical (unpaired) electrons. The Kier molecular flexibility index (Phi) is 3.33. The summed E-state index contributed by atoms with van der Waals surface area (Å²) in [6.07, 6.45) is 0. The Morgan fingerprint density at radius 2 is 2.00 bits per heavy atom. The number of hydrogen-bond acceptors (Lipinski definition) is 6. The van der Waals surface area contributed by atoms with Crippen LogP contribution in [0.4, 0.5) is 0 Å². The van der Waals surface area contributed by atoms with Crippen molar-refractivity contribution in [2.24, 2.45) is 0 Å². The van der Waals surface area contributed by atoms with Gasteiger partial charge in [-0.25, -0.2) is 0 Å². The lowest BCUT2D eigenvalue weighted by atomic mass is 10.2. The van der Waals surface area contributed by atoms with Crippen LogP contribution >= 0.6 is 0 Å². The van der Waals surface area contributed by atoms with Crippen molar-refractivity contribution in [3.05, 3.63) is 35.5 Å². The van der Waals surface area contributed by atoms with Crippen LogP contribution in [0, 0.1) is 6.92 Å². The van der Waals surface area contributed by atoms with E-state index in [0.29, 0.717) is 38.0 Å². The van der Waals surface area contributed by atoms with Crippen molar-refractivity contribution in [3.63, 3.8) is 0 Å². The molecule has 2 heterocycles. The molecule has 1 N–H and O–H groups in total. The van der Waals surface area contributed by atoms with E-state index in [1.54, 1.807) is 6.92 Å². The van der Waals surface area contributed by atoms with Crippen molar-refractivity contribution in [3.8, 4) is 11.5 Å². The van der Waals surface area contributed by atoms with Gasteiger partial charge in [0.15, 0.2) is 17.3 Å². The smallest absolute Gasteiger partial charge is 0.240 e. The quantitative estimate of drug-likeness (QED) is 0.898. The van der Waals surface area contributed by atoms with Crippen LogP contribution in [0.5, 0.6) is 11.5 Å². The molecule has 1 aliphatic heterocycles. The van der Waals surface area contributed by atoms with Gasteiger partial charge in [-0.2, -0.15) is 4.98 Å². The number of rotatable bonds is 4. The van der Waals surface area contributed by atoms with Gasteiger partial charge in [-0.05, 0) is 24.6 Å². The molecule has 0 spiro atoms. The van der Waals surface area contributed by atoms with E-state index in [2.05, 4.69) is 15.5 Å². The predicted molar refractivity (Wildman–Crippen MR) is 67.0 cm³/mol. The summed E-state index contributed by atoms with van der Waals surface area (Å²) in [4.78, 5) is 4.13. The van der Waals surface area contributed by atoms with Gasteiger partial charge in [0.2, 0.25) is 5.89 Å². The van der Waals surface area contributed by atoms with Gasteiger partial charge in [0, 0.05) is 6.54 Å². The molecule has 0 fully saturated rings. The number of aryl methyl sites for hydroxylation is 1. The first-order valence-electron chi connectivity index (χ1n) is 6.20. The second-order valence-corrected chi connectivity index (χ2v) is 4.32. The molecule has 3 rings (SSSR count). The Morgan fingerprint density at radius 1 is 1.16 bits per heavy atom. The molecular weight excluding hydrogens is 246 g/mol. The molecule has 1 aliphatic rings. The number of nitrogens with one attached hydrogen (secondary N) is 1. The molecule has 1 aromatic carbocycles. The van der Waals surface area contributed by atoms with E-state index in [4.69, 9.17) is 14.0 Å². The number of benzene rings is 1. The summed E-state index contributed by atoms with van der Waals surface area (Å²) in [6.45, 7) is 4.27. The third-order valence-corrected chi connectivity index (χ3v) is 2.78. The second kappa shape index (κ2) is 5.27. The normalized spacial score (nSPS) is 13.5. The van der Waals surface area contributed by atoms with Crippen molar-refractivity contribution < 1.29 is 14.0 Å². The number of nitrogens with zero attached hydrogens (tertiary/aromatic N) is 2. The van der Waals surface area contributed by atoms with E-state index in [0.717, 1.165) is 17.1 Å².